The Morgan fingerprint density at radius 2 is 2.33 bits per heavy atom. The maximum atomic E-state index is 11.0. The van der Waals surface area contributed by atoms with Gasteiger partial charge in [0.25, 0.3) is 11.7 Å². The van der Waals surface area contributed by atoms with Crippen molar-refractivity contribution in [2.24, 2.45) is 0 Å². The van der Waals surface area contributed by atoms with Crippen LogP contribution in [0.1, 0.15) is 10.5 Å². The van der Waals surface area contributed by atoms with E-state index in [1.165, 1.54) is 0 Å². The lowest BCUT2D eigenvalue weighted by molar-refractivity contribution is -0.469. The highest BCUT2D eigenvalue weighted by Crippen LogP contribution is 2.08. The van der Waals surface area contributed by atoms with Crippen LogP contribution in [-0.4, -0.2) is 21.7 Å². The molecule has 7 nitrogen and oxygen atoms in total. The molecule has 0 radical (unpaired) electrons. The highest BCUT2D eigenvalue weighted by molar-refractivity contribution is 6.05. The van der Waals surface area contributed by atoms with Gasteiger partial charge in [0.1, 0.15) is 0 Å². The number of hydrogen-bond donors (Lipinski definition) is 2. The molecule has 0 atom stereocenters. The van der Waals surface area contributed by atoms with Gasteiger partial charge in [-0.25, -0.2) is 15.4 Å². The summed E-state index contributed by atoms with van der Waals surface area (Å²) in [6, 6.07) is -0.550. The fourth-order valence-corrected chi connectivity index (χ4v) is 1.000. The zero-order chi connectivity index (χ0) is 8.72. The molecule has 0 bridgehead atoms. The summed E-state index contributed by atoms with van der Waals surface area (Å²) in [5, 5.41) is 13.9. The molecule has 0 unspecified atom stereocenters. The molecule has 1 aromatic heterocycles. The number of aromatic nitrogens is 2. The summed E-state index contributed by atoms with van der Waals surface area (Å²) in [4.78, 5) is 25.2. The van der Waals surface area contributed by atoms with Crippen LogP contribution in [0, 0.1) is 5.21 Å². The van der Waals surface area contributed by atoms with Gasteiger partial charge >= 0.3 is 6.03 Å². The molecule has 2 heterocycles. The average molecular weight is 168 g/mol. The minimum absolute atomic E-state index is 0.124. The first kappa shape index (κ1) is 6.80. The van der Waals surface area contributed by atoms with Crippen LogP contribution in [0.15, 0.2) is 6.33 Å². The van der Waals surface area contributed by atoms with E-state index in [4.69, 9.17) is 0 Å². The smallest absolute Gasteiger partial charge is 0.426 e. The van der Waals surface area contributed by atoms with Crippen LogP contribution in [0.4, 0.5) is 10.6 Å². The number of fused-ring (bicyclic) bond motifs is 1. The van der Waals surface area contributed by atoms with Crippen LogP contribution in [0.3, 0.4) is 0 Å². The van der Waals surface area contributed by atoms with E-state index in [0.29, 0.717) is 4.73 Å². The minimum Gasteiger partial charge on any atom is -0.804 e. The van der Waals surface area contributed by atoms with E-state index in [0.717, 1.165) is 11.6 Å². The molecule has 3 amide bonds. The van der Waals surface area contributed by atoms with Crippen molar-refractivity contribution in [1.82, 2.24) is 15.0 Å². The molecule has 1 aliphatic rings. The van der Waals surface area contributed by atoms with E-state index in [1.807, 2.05) is 5.32 Å². The molecular formula is C5H4N4O3. The number of imide groups is 1. The Labute approximate surface area is 66.0 Å². The number of carbonyl (C=O) groups is 2. The van der Waals surface area contributed by atoms with Gasteiger partial charge in [0.2, 0.25) is 0 Å². The first-order valence-electron chi connectivity index (χ1n) is 3.13. The van der Waals surface area contributed by atoms with E-state index in [9.17, 15) is 14.8 Å². The number of nitrogens with one attached hydrogen (secondary N) is 1. The predicted octanol–water partition coefficient (Wildman–Crippen LogP) is -1.71. The fourth-order valence-electron chi connectivity index (χ4n) is 1.000. The van der Waals surface area contributed by atoms with Crippen LogP contribution in [-0.2, 0) is 0 Å². The van der Waals surface area contributed by atoms with Gasteiger partial charge in [-0.1, -0.05) is 0 Å². The first-order chi connectivity index (χ1) is 5.68. The number of nitrogens with two attached hydrogens (primary N) is 1. The van der Waals surface area contributed by atoms with E-state index in [2.05, 4.69) is 4.98 Å². The van der Waals surface area contributed by atoms with Crippen molar-refractivity contribution in [3.63, 3.8) is 0 Å². The van der Waals surface area contributed by atoms with Crippen molar-refractivity contribution in [3.8, 4) is 0 Å². The second-order valence-corrected chi connectivity index (χ2v) is 2.27. The van der Waals surface area contributed by atoms with Gasteiger partial charge in [-0.15, -0.1) is 0 Å². The molecule has 0 saturated heterocycles. The molecule has 1 aromatic rings. The third-order valence-corrected chi connectivity index (χ3v) is 1.48. The largest absolute Gasteiger partial charge is 0.804 e. The van der Waals surface area contributed by atoms with Crippen molar-refractivity contribution < 1.29 is 14.9 Å². The number of urea groups is 1. The van der Waals surface area contributed by atoms with Crippen molar-refractivity contribution in [2.75, 3.05) is 0 Å². The van der Waals surface area contributed by atoms with Gasteiger partial charge in [-0.3, -0.25) is 4.79 Å². The van der Waals surface area contributed by atoms with Gasteiger partial charge in [0.05, 0.1) is 6.33 Å². The number of nitrogens with zero attached hydrogens (tertiary/aromatic N) is 2. The number of hydrogen-bond acceptors (Lipinski definition) is 4. The monoisotopic (exact) mass is 168 g/mol. The van der Waals surface area contributed by atoms with Gasteiger partial charge in [0, 0.05) is 0 Å². The molecule has 1 aliphatic heterocycles. The van der Waals surface area contributed by atoms with E-state index in [1.54, 1.807) is 0 Å². The fraction of sp³-hybridized carbons (Fsp3) is 0. The zero-order valence-electron chi connectivity index (χ0n) is 5.77. The predicted molar refractivity (Wildman–Crippen MR) is 35.4 cm³/mol. The molecule has 2 rings (SSSR count). The summed E-state index contributed by atoms with van der Waals surface area (Å²) < 4.78 is 0.327. The van der Waals surface area contributed by atoms with Crippen molar-refractivity contribution in [2.45, 2.75) is 0 Å². The van der Waals surface area contributed by atoms with Gasteiger partial charge in [-0.05, 0) is 0 Å². The first-order valence-corrected chi connectivity index (χ1v) is 3.13. The lowest BCUT2D eigenvalue weighted by atomic mass is 10.3. The topological polar surface area (TPSA) is 104 Å². The molecule has 0 fully saturated rings. The Morgan fingerprint density at radius 3 is 3.08 bits per heavy atom. The van der Waals surface area contributed by atoms with Crippen LogP contribution < -0.4 is 10.6 Å². The maximum Gasteiger partial charge on any atom is 0.426 e. The zero-order valence-corrected chi connectivity index (χ0v) is 5.77. The number of amides is 3. The molecule has 0 spiro atoms. The lowest BCUT2D eigenvalue weighted by Gasteiger charge is -2.12. The highest BCUT2D eigenvalue weighted by Gasteiger charge is 2.29. The summed E-state index contributed by atoms with van der Waals surface area (Å²) in [5.41, 5.74) is -0.130. The Hall–Kier alpha value is -1.89. The highest BCUT2D eigenvalue weighted by atomic mass is 16.5. The van der Waals surface area contributed by atoms with Crippen LogP contribution in [0.5, 0.6) is 0 Å². The Bertz CT molecular complexity index is 369. The SMILES string of the molecule is O=C1NC(=O)c2c(ncn2[O-])[NH2+]1. The molecule has 0 saturated carbocycles. The summed E-state index contributed by atoms with van der Waals surface area (Å²) in [7, 11) is 0. The summed E-state index contributed by atoms with van der Waals surface area (Å²) in [5.74, 6) is -0.580. The van der Waals surface area contributed by atoms with Crippen LogP contribution in [0.2, 0.25) is 0 Å². The molecule has 7 heteroatoms. The Morgan fingerprint density at radius 1 is 1.58 bits per heavy atom. The van der Waals surface area contributed by atoms with E-state index in [-0.39, 0.29) is 11.5 Å². The number of carbonyl (C=O) groups excluding carboxylic acids is 2. The lowest BCUT2D eigenvalue weighted by Crippen LogP contribution is -2.88. The molecule has 62 valence electrons. The standard InChI is InChI=1S/C5H3N4O3/c10-4-2-3(6-1-9(2)12)7-5(11)8-4/h1H,(H2,7,8,10,11)/q-1/p+1. The van der Waals surface area contributed by atoms with Crippen LogP contribution >= 0.6 is 0 Å². The van der Waals surface area contributed by atoms with E-state index < -0.39 is 11.9 Å². The van der Waals surface area contributed by atoms with E-state index >= 15 is 0 Å². The Balaban J connectivity index is 2.57. The second kappa shape index (κ2) is 2.05. The maximum absolute atomic E-state index is 11.0. The third kappa shape index (κ3) is 0.768. The number of rotatable bonds is 0. The van der Waals surface area contributed by atoms with Gasteiger partial charge in [-0.2, -0.15) is 4.98 Å². The molecule has 3 N–H and O–H groups in total. The average Bonchev–Trinajstić information content (AvgIpc) is 2.31. The quantitative estimate of drug-likeness (QED) is 0.481. The molecule has 0 aliphatic carbocycles. The third-order valence-electron chi connectivity index (χ3n) is 1.48. The van der Waals surface area contributed by atoms with Crippen molar-refractivity contribution in [1.29, 1.82) is 0 Å². The van der Waals surface area contributed by atoms with Crippen molar-refractivity contribution >= 4 is 17.8 Å². The number of quaternary nitrogens is 1. The summed E-state index contributed by atoms with van der Waals surface area (Å²) >= 11 is 0. The van der Waals surface area contributed by atoms with Gasteiger partial charge < -0.3 is 9.94 Å². The van der Waals surface area contributed by atoms with Gasteiger partial charge in [0.15, 0.2) is 5.69 Å². The Kier molecular flexibility index (Phi) is 1.16. The molecule has 12 heavy (non-hydrogen) atoms. The minimum atomic E-state index is -0.704. The second-order valence-electron chi connectivity index (χ2n) is 2.27. The normalized spacial score (nSPS) is 15.7. The number of primary amides is 1. The van der Waals surface area contributed by atoms with Crippen LogP contribution in [0.25, 0.3) is 0 Å². The summed E-state index contributed by atoms with van der Waals surface area (Å²) in [6.45, 7) is 0. The summed E-state index contributed by atoms with van der Waals surface area (Å²) in [6.07, 6.45) is 0.944. The molecular weight excluding hydrogens is 164 g/mol. The molecule has 0 aromatic carbocycles. The van der Waals surface area contributed by atoms with Crippen molar-refractivity contribution in [3.05, 3.63) is 17.2 Å². The number of imidazole rings is 1.